The summed E-state index contributed by atoms with van der Waals surface area (Å²) < 4.78 is 4.66. The molecule has 0 fully saturated rings. The highest BCUT2D eigenvalue weighted by Gasteiger charge is 2.13. The van der Waals surface area contributed by atoms with Gasteiger partial charge < -0.3 is 10.1 Å². The third-order valence-electron chi connectivity index (χ3n) is 3.19. The average molecular weight is 344 g/mol. The van der Waals surface area contributed by atoms with Gasteiger partial charge in [0.25, 0.3) is 5.91 Å². The first-order chi connectivity index (χ1) is 11.5. The summed E-state index contributed by atoms with van der Waals surface area (Å²) in [6.07, 6.45) is 1.69. The standard InChI is InChI=1S/C18H20N2O3S/c1-12(2)24-17-15(5-4-10-19-17)16(21)20-11-13-6-8-14(9-7-13)18(22)23-3/h4-10,12H,11H2,1-3H3,(H,20,21). The number of aromatic nitrogens is 1. The molecule has 0 aliphatic carbocycles. The molecule has 0 aliphatic heterocycles. The summed E-state index contributed by atoms with van der Waals surface area (Å²) in [5, 5.41) is 3.96. The molecular weight excluding hydrogens is 324 g/mol. The maximum atomic E-state index is 12.4. The van der Waals surface area contributed by atoms with Crippen LogP contribution < -0.4 is 5.32 Å². The van der Waals surface area contributed by atoms with Crippen molar-refractivity contribution in [3.63, 3.8) is 0 Å². The molecule has 0 bridgehead atoms. The van der Waals surface area contributed by atoms with Crippen LogP contribution in [0.15, 0.2) is 47.6 Å². The summed E-state index contributed by atoms with van der Waals surface area (Å²) in [5.41, 5.74) is 1.95. The van der Waals surface area contributed by atoms with Crippen molar-refractivity contribution < 1.29 is 14.3 Å². The Hall–Kier alpha value is -2.34. The van der Waals surface area contributed by atoms with E-state index >= 15 is 0 Å². The number of esters is 1. The Kier molecular flexibility index (Phi) is 6.37. The molecule has 1 aromatic carbocycles. The number of pyridine rings is 1. The van der Waals surface area contributed by atoms with E-state index in [9.17, 15) is 9.59 Å². The Morgan fingerprint density at radius 2 is 1.92 bits per heavy atom. The molecule has 0 spiro atoms. The van der Waals surface area contributed by atoms with Crippen LogP contribution in [0.2, 0.25) is 0 Å². The van der Waals surface area contributed by atoms with Crippen LogP contribution in [0.5, 0.6) is 0 Å². The van der Waals surface area contributed by atoms with Crippen LogP contribution in [0, 0.1) is 0 Å². The van der Waals surface area contributed by atoms with E-state index in [1.807, 2.05) is 0 Å². The number of carbonyl (C=O) groups is 2. The molecule has 1 heterocycles. The van der Waals surface area contributed by atoms with Gasteiger partial charge in [0.15, 0.2) is 0 Å². The fraction of sp³-hybridized carbons (Fsp3) is 0.278. The molecule has 0 saturated carbocycles. The zero-order valence-electron chi connectivity index (χ0n) is 13.9. The minimum atomic E-state index is -0.378. The number of rotatable bonds is 6. The van der Waals surface area contributed by atoms with Crippen molar-refractivity contribution in [2.24, 2.45) is 0 Å². The van der Waals surface area contributed by atoms with E-state index in [0.717, 1.165) is 10.6 Å². The van der Waals surface area contributed by atoms with E-state index < -0.39 is 0 Å². The Bertz CT molecular complexity index is 714. The topological polar surface area (TPSA) is 68.3 Å². The minimum absolute atomic E-state index is 0.164. The minimum Gasteiger partial charge on any atom is -0.465 e. The normalized spacial score (nSPS) is 10.5. The van der Waals surface area contributed by atoms with E-state index in [-0.39, 0.29) is 11.9 Å². The number of ether oxygens (including phenoxy) is 1. The van der Waals surface area contributed by atoms with Crippen molar-refractivity contribution in [3.05, 3.63) is 59.3 Å². The van der Waals surface area contributed by atoms with Gasteiger partial charge in [-0.05, 0) is 29.8 Å². The summed E-state index contributed by atoms with van der Waals surface area (Å²) in [6.45, 7) is 4.49. The summed E-state index contributed by atoms with van der Waals surface area (Å²) in [4.78, 5) is 28.1. The summed E-state index contributed by atoms with van der Waals surface area (Å²) >= 11 is 1.56. The van der Waals surface area contributed by atoms with Gasteiger partial charge in [0.1, 0.15) is 5.03 Å². The van der Waals surface area contributed by atoms with Gasteiger partial charge >= 0.3 is 5.97 Å². The van der Waals surface area contributed by atoms with Crippen molar-refractivity contribution in [2.45, 2.75) is 30.7 Å². The molecule has 1 amide bonds. The predicted octanol–water partition coefficient (Wildman–Crippen LogP) is 3.30. The van der Waals surface area contributed by atoms with Crippen LogP contribution in [-0.4, -0.2) is 29.2 Å². The molecule has 1 aromatic heterocycles. The molecule has 0 radical (unpaired) electrons. The average Bonchev–Trinajstić information content (AvgIpc) is 2.59. The molecule has 2 aromatic rings. The number of carbonyl (C=O) groups excluding carboxylic acids is 2. The van der Waals surface area contributed by atoms with Gasteiger partial charge in [-0.25, -0.2) is 9.78 Å². The number of amides is 1. The number of hydrogen-bond donors (Lipinski definition) is 1. The first kappa shape index (κ1) is 18.0. The predicted molar refractivity (Wildman–Crippen MR) is 94.2 cm³/mol. The van der Waals surface area contributed by atoms with Gasteiger partial charge in [0.2, 0.25) is 0 Å². The Balaban J connectivity index is 2.02. The van der Waals surface area contributed by atoms with E-state index in [2.05, 4.69) is 28.9 Å². The molecule has 0 unspecified atom stereocenters. The van der Waals surface area contributed by atoms with Gasteiger partial charge in [-0.1, -0.05) is 26.0 Å². The van der Waals surface area contributed by atoms with Gasteiger partial charge in [-0.15, -0.1) is 11.8 Å². The largest absolute Gasteiger partial charge is 0.465 e. The fourth-order valence-electron chi connectivity index (χ4n) is 2.03. The second-order valence-corrected chi connectivity index (χ2v) is 6.96. The first-order valence-electron chi connectivity index (χ1n) is 7.58. The number of benzene rings is 1. The van der Waals surface area contributed by atoms with E-state index in [0.29, 0.717) is 22.9 Å². The summed E-state index contributed by atoms with van der Waals surface area (Å²) in [5.74, 6) is -0.542. The van der Waals surface area contributed by atoms with Crippen molar-refractivity contribution in [3.8, 4) is 0 Å². The molecule has 0 atom stereocenters. The van der Waals surface area contributed by atoms with Crippen LogP contribution in [0.4, 0.5) is 0 Å². The number of nitrogens with zero attached hydrogens (tertiary/aromatic N) is 1. The molecule has 126 valence electrons. The zero-order valence-corrected chi connectivity index (χ0v) is 14.7. The highest BCUT2D eigenvalue weighted by atomic mass is 32.2. The lowest BCUT2D eigenvalue weighted by Gasteiger charge is -2.10. The Labute approximate surface area is 145 Å². The Morgan fingerprint density at radius 3 is 2.54 bits per heavy atom. The zero-order chi connectivity index (χ0) is 17.5. The number of methoxy groups -OCH3 is 1. The van der Waals surface area contributed by atoms with Crippen LogP contribution in [0.3, 0.4) is 0 Å². The van der Waals surface area contributed by atoms with E-state index in [1.165, 1.54) is 7.11 Å². The number of hydrogen-bond acceptors (Lipinski definition) is 5. The molecule has 5 nitrogen and oxygen atoms in total. The molecule has 6 heteroatoms. The highest BCUT2D eigenvalue weighted by molar-refractivity contribution is 7.99. The van der Waals surface area contributed by atoms with Crippen LogP contribution in [-0.2, 0) is 11.3 Å². The van der Waals surface area contributed by atoms with Crippen molar-refractivity contribution in [2.75, 3.05) is 7.11 Å². The first-order valence-corrected chi connectivity index (χ1v) is 8.46. The van der Waals surface area contributed by atoms with Crippen molar-refractivity contribution in [1.29, 1.82) is 0 Å². The fourth-order valence-corrected chi connectivity index (χ4v) is 2.89. The smallest absolute Gasteiger partial charge is 0.337 e. The molecule has 2 rings (SSSR count). The third kappa shape index (κ3) is 4.83. The maximum Gasteiger partial charge on any atom is 0.337 e. The molecule has 0 aliphatic rings. The molecular formula is C18H20N2O3S. The molecule has 1 N–H and O–H groups in total. The lowest BCUT2D eigenvalue weighted by atomic mass is 10.1. The van der Waals surface area contributed by atoms with Crippen molar-refractivity contribution >= 4 is 23.6 Å². The number of thioether (sulfide) groups is 1. The van der Waals surface area contributed by atoms with Gasteiger partial charge in [-0.3, -0.25) is 4.79 Å². The SMILES string of the molecule is COC(=O)c1ccc(CNC(=O)c2cccnc2SC(C)C)cc1. The maximum absolute atomic E-state index is 12.4. The Morgan fingerprint density at radius 1 is 1.21 bits per heavy atom. The third-order valence-corrected chi connectivity index (χ3v) is 4.21. The summed E-state index contributed by atoms with van der Waals surface area (Å²) in [7, 11) is 1.34. The van der Waals surface area contributed by atoms with Gasteiger partial charge in [0, 0.05) is 18.0 Å². The monoisotopic (exact) mass is 344 g/mol. The van der Waals surface area contributed by atoms with Crippen LogP contribution in [0.1, 0.15) is 40.1 Å². The van der Waals surface area contributed by atoms with E-state index in [4.69, 9.17) is 0 Å². The molecule has 0 saturated heterocycles. The van der Waals surface area contributed by atoms with E-state index in [1.54, 1.807) is 54.4 Å². The second-order valence-electron chi connectivity index (χ2n) is 5.39. The van der Waals surface area contributed by atoms with Crippen LogP contribution in [0.25, 0.3) is 0 Å². The lowest BCUT2D eigenvalue weighted by molar-refractivity contribution is 0.0600. The van der Waals surface area contributed by atoms with Gasteiger partial charge in [-0.2, -0.15) is 0 Å². The highest BCUT2D eigenvalue weighted by Crippen LogP contribution is 2.24. The lowest BCUT2D eigenvalue weighted by Crippen LogP contribution is -2.23. The van der Waals surface area contributed by atoms with Gasteiger partial charge in [0.05, 0.1) is 18.2 Å². The quantitative estimate of drug-likeness (QED) is 0.643. The van der Waals surface area contributed by atoms with Crippen LogP contribution >= 0.6 is 11.8 Å². The molecule has 24 heavy (non-hydrogen) atoms. The summed E-state index contributed by atoms with van der Waals surface area (Å²) in [6, 6.07) is 10.5. The number of nitrogens with one attached hydrogen (secondary N) is 1. The van der Waals surface area contributed by atoms with Crippen molar-refractivity contribution in [1.82, 2.24) is 10.3 Å². The second kappa shape index (κ2) is 8.49.